The fraction of sp³-hybridized carbons (Fsp3) is 0.222. The van der Waals surface area contributed by atoms with Crippen LogP contribution in [0, 0.1) is 0 Å². The van der Waals surface area contributed by atoms with Gasteiger partial charge in [-0.1, -0.05) is 63.8 Å². The van der Waals surface area contributed by atoms with Crippen molar-refractivity contribution in [3.8, 4) is 5.69 Å². The third-order valence-electron chi connectivity index (χ3n) is 4.84. The highest BCUT2D eigenvalue weighted by molar-refractivity contribution is 6.40. The number of benzene rings is 2. The lowest BCUT2D eigenvalue weighted by Crippen LogP contribution is -3.00. The molecule has 1 aromatic heterocycles. The van der Waals surface area contributed by atoms with E-state index in [1.807, 2.05) is 6.33 Å². The van der Waals surface area contributed by atoms with Crippen molar-refractivity contribution < 1.29 is 27.0 Å². The molecule has 2 aromatic carbocycles. The van der Waals surface area contributed by atoms with E-state index in [9.17, 15) is 12.9 Å². The van der Waals surface area contributed by atoms with Crippen molar-refractivity contribution in [2.24, 2.45) is 0 Å². The summed E-state index contributed by atoms with van der Waals surface area (Å²) in [5, 5.41) is 6.07. The van der Waals surface area contributed by atoms with Crippen molar-refractivity contribution in [2.75, 3.05) is 0 Å². The zero-order chi connectivity index (χ0) is 20.7. The van der Waals surface area contributed by atoms with Crippen molar-refractivity contribution in [3.05, 3.63) is 74.7 Å². The molecule has 30 heavy (non-hydrogen) atoms. The number of hydrogen-bond acceptors (Lipinski definition) is 2. The highest BCUT2D eigenvalue weighted by Gasteiger charge is 2.43. The average Bonchev–Trinajstić information content (AvgIpc) is 3.20. The van der Waals surface area contributed by atoms with E-state index in [4.69, 9.17) is 39.5 Å². The molecule has 3 aromatic rings. The summed E-state index contributed by atoms with van der Waals surface area (Å²) in [6.07, 6.45) is 2.99. The van der Waals surface area contributed by atoms with Crippen molar-refractivity contribution in [3.63, 3.8) is 0 Å². The summed E-state index contributed by atoms with van der Waals surface area (Å²) in [6.45, 7) is 0.463. The van der Waals surface area contributed by atoms with Gasteiger partial charge in [0.2, 0.25) is 6.33 Å². The first-order chi connectivity index (χ1) is 13.8. The van der Waals surface area contributed by atoms with Crippen LogP contribution in [0.1, 0.15) is 23.0 Å². The second-order valence-corrected chi connectivity index (χ2v) is 7.80. The van der Waals surface area contributed by atoms with E-state index in [0.29, 0.717) is 27.4 Å². The van der Waals surface area contributed by atoms with Gasteiger partial charge in [0.25, 0.3) is 0 Å². The highest BCUT2D eigenvalue weighted by Crippen LogP contribution is 2.36. The van der Waals surface area contributed by atoms with E-state index in [-0.39, 0.29) is 16.9 Å². The highest BCUT2D eigenvalue weighted by atomic mass is 35.5. The minimum atomic E-state index is -3.67. The predicted octanol–water partition coefficient (Wildman–Crippen LogP) is 2.05. The number of rotatable bonds is 1. The molecule has 0 spiro atoms. The minimum Gasteiger partial charge on any atom is -1.00 e. The second-order valence-electron chi connectivity index (χ2n) is 6.55. The van der Waals surface area contributed by atoms with Crippen LogP contribution in [0.15, 0.2) is 42.7 Å². The smallest absolute Gasteiger partial charge is 0.762 e. The van der Waals surface area contributed by atoms with Crippen LogP contribution in [0.25, 0.3) is 5.69 Å². The molecule has 0 unspecified atom stereocenters. The third-order valence-corrected chi connectivity index (χ3v) is 5.63. The van der Waals surface area contributed by atoms with Crippen LogP contribution in [0.4, 0.5) is 12.9 Å². The molecule has 12 heteroatoms. The maximum Gasteiger partial charge on any atom is 0.762 e. The van der Waals surface area contributed by atoms with E-state index >= 15 is 0 Å². The molecule has 4 nitrogen and oxygen atoms in total. The summed E-state index contributed by atoms with van der Waals surface area (Å²) in [4.78, 5) is 0. The van der Waals surface area contributed by atoms with Gasteiger partial charge in [-0.25, -0.2) is 4.57 Å². The summed E-state index contributed by atoms with van der Waals surface area (Å²) in [7, 11) is -3.67. The molecule has 158 valence electrons. The Kier molecular flexibility index (Phi) is 6.96. The fourth-order valence-corrected chi connectivity index (χ4v) is 4.77. The Hall–Kier alpha value is -1.81. The molecule has 0 bridgehead atoms. The van der Waals surface area contributed by atoms with Gasteiger partial charge in [0, 0.05) is 16.5 Å². The van der Waals surface area contributed by atoms with Gasteiger partial charge < -0.3 is 9.44 Å². The number of hydrogen-bond donors (Lipinski definition) is 0. The van der Waals surface area contributed by atoms with Gasteiger partial charge in [-0.3, -0.25) is 12.9 Å². The monoisotopic (exact) mass is 479 g/mol. The van der Waals surface area contributed by atoms with Crippen LogP contribution in [0.5, 0.6) is 0 Å². The van der Waals surface area contributed by atoms with E-state index in [2.05, 4.69) is 33.9 Å². The Labute approximate surface area is 184 Å². The summed E-state index contributed by atoms with van der Waals surface area (Å²) in [5.41, 5.74) is 3.23. The molecular formula is C18H13BCl3F4N3O. The van der Waals surface area contributed by atoms with E-state index < -0.39 is 7.54 Å². The first-order valence-electron chi connectivity index (χ1n) is 8.61. The SMILES string of the molecule is Clc1cc(Cl)c(-n2c[n+]3c(n2)CO[C@H]2Cc4ccccc4[C@@H]23)c(Cl)c1.FB(F)F.[F-]. The number of aromatic nitrogens is 3. The molecular weight excluding hydrogens is 467 g/mol. The fourth-order valence-electron chi connectivity index (χ4n) is 3.78. The Bertz CT molecular complexity index is 1040. The molecule has 2 atom stereocenters. The molecule has 0 saturated heterocycles. The van der Waals surface area contributed by atoms with Gasteiger partial charge in [0.1, 0.15) is 18.8 Å². The molecule has 0 N–H and O–H groups in total. The average molecular weight is 480 g/mol. The summed E-state index contributed by atoms with van der Waals surface area (Å²) >= 11 is 18.7. The molecule has 1 aliphatic carbocycles. The zero-order valence-corrected chi connectivity index (χ0v) is 17.4. The third kappa shape index (κ3) is 4.30. The topological polar surface area (TPSA) is 30.9 Å². The lowest BCUT2D eigenvalue weighted by Gasteiger charge is -2.23. The van der Waals surface area contributed by atoms with Crippen LogP contribution >= 0.6 is 34.8 Å². The molecule has 0 radical (unpaired) electrons. The first kappa shape index (κ1) is 22.9. The molecule has 0 saturated carbocycles. The van der Waals surface area contributed by atoms with Crippen LogP contribution < -0.4 is 9.27 Å². The Morgan fingerprint density at radius 1 is 1.10 bits per heavy atom. The van der Waals surface area contributed by atoms with Gasteiger partial charge in [-0.2, -0.15) is 0 Å². The maximum absolute atomic E-state index is 9.67. The van der Waals surface area contributed by atoms with Crippen LogP contribution in [0.2, 0.25) is 15.1 Å². The van der Waals surface area contributed by atoms with Gasteiger partial charge in [0.05, 0.1) is 10.0 Å². The molecule has 2 aliphatic rings. The lowest BCUT2D eigenvalue weighted by molar-refractivity contribution is -0.739. The predicted molar refractivity (Wildman–Crippen MR) is 105 cm³/mol. The molecule has 0 amide bonds. The summed E-state index contributed by atoms with van der Waals surface area (Å²) in [6, 6.07) is 11.9. The number of ether oxygens (including phenoxy) is 1. The van der Waals surface area contributed by atoms with E-state index in [1.54, 1.807) is 16.8 Å². The van der Waals surface area contributed by atoms with Crippen molar-refractivity contribution in [2.45, 2.75) is 25.2 Å². The normalized spacial score (nSPS) is 18.3. The Morgan fingerprint density at radius 2 is 1.73 bits per heavy atom. The number of halogens is 7. The summed E-state index contributed by atoms with van der Waals surface area (Å²) < 4.78 is 38.9. The van der Waals surface area contributed by atoms with Crippen LogP contribution in [-0.2, 0) is 17.8 Å². The molecule has 1 aliphatic heterocycles. The first-order valence-corrected chi connectivity index (χ1v) is 9.74. The molecule has 2 heterocycles. The van der Waals surface area contributed by atoms with Gasteiger partial charge in [-0.05, 0) is 23.3 Å². The minimum absolute atomic E-state index is 0. The molecule has 0 fully saturated rings. The number of fused-ring (bicyclic) bond motifs is 5. The van der Waals surface area contributed by atoms with Crippen LogP contribution in [0.3, 0.4) is 0 Å². The molecule has 5 rings (SSSR count). The van der Waals surface area contributed by atoms with Gasteiger partial charge in [0.15, 0.2) is 5.69 Å². The summed E-state index contributed by atoms with van der Waals surface area (Å²) in [5.74, 6) is 0.847. The van der Waals surface area contributed by atoms with Gasteiger partial charge >= 0.3 is 13.4 Å². The Balaban J connectivity index is 0.000000473. The van der Waals surface area contributed by atoms with Crippen molar-refractivity contribution in [1.82, 2.24) is 9.78 Å². The van der Waals surface area contributed by atoms with Crippen LogP contribution in [-0.4, -0.2) is 23.4 Å². The van der Waals surface area contributed by atoms with E-state index in [0.717, 1.165) is 12.2 Å². The van der Waals surface area contributed by atoms with Crippen molar-refractivity contribution in [1.29, 1.82) is 0 Å². The number of nitrogens with zero attached hydrogens (tertiary/aromatic N) is 3. The largest absolute Gasteiger partial charge is 1.00 e. The quantitative estimate of drug-likeness (QED) is 0.303. The standard InChI is InChI=1S/C18H13Cl3N3O.BF3.FH/c19-11-6-13(20)18(14(21)7-11)24-9-23-16(22-24)8-25-15-5-10-3-1-2-4-12(10)17(15)23;2-1(3)4;/h1-4,6-7,9,15,17H,5,8H2;;1H/q+1;;/p-1/t15-,17-;;/m0../s1. The second kappa shape index (κ2) is 9.14. The van der Waals surface area contributed by atoms with E-state index in [1.165, 1.54) is 11.1 Å². The maximum atomic E-state index is 9.67. The van der Waals surface area contributed by atoms with Crippen molar-refractivity contribution >= 4 is 42.3 Å². The van der Waals surface area contributed by atoms with Gasteiger partial charge in [-0.15, -0.1) is 0 Å². The lowest BCUT2D eigenvalue weighted by atomic mass is 10.1. The Morgan fingerprint density at radius 3 is 2.40 bits per heavy atom. The zero-order valence-electron chi connectivity index (χ0n) is 15.1.